The van der Waals surface area contributed by atoms with Crippen LogP contribution in [0.4, 0.5) is 0 Å². The first-order valence-electron chi connectivity index (χ1n) is 7.36. The Morgan fingerprint density at radius 3 is 2.32 bits per heavy atom. The zero-order valence-corrected chi connectivity index (χ0v) is 12.1. The summed E-state index contributed by atoms with van der Waals surface area (Å²) in [5.74, 6) is 5.84. The number of hydrogen-bond acceptors (Lipinski definition) is 3. The van der Waals surface area contributed by atoms with E-state index in [-0.39, 0.29) is 11.6 Å². The largest absolute Gasteiger partial charge is 0.376 e. The Morgan fingerprint density at radius 1 is 1.21 bits per heavy atom. The molecule has 0 radical (unpaired) electrons. The van der Waals surface area contributed by atoms with Crippen LogP contribution in [0.1, 0.15) is 56.2 Å². The van der Waals surface area contributed by atoms with Crippen LogP contribution in [0.15, 0.2) is 24.3 Å². The highest BCUT2D eigenvalue weighted by Gasteiger charge is 2.40. The van der Waals surface area contributed by atoms with Crippen LogP contribution in [0, 0.1) is 0 Å². The van der Waals surface area contributed by atoms with Gasteiger partial charge in [-0.05, 0) is 30.4 Å². The van der Waals surface area contributed by atoms with Crippen molar-refractivity contribution in [2.75, 3.05) is 7.11 Å². The van der Waals surface area contributed by atoms with Crippen molar-refractivity contribution >= 4 is 0 Å². The zero-order chi connectivity index (χ0) is 13.7. The molecule has 0 spiro atoms. The first-order chi connectivity index (χ1) is 9.25. The standard InChI is InChI=1S/C16H26N2O/c1-3-13-7-9-14(10-8-13)15(18-17)16(19-2)11-5-4-6-12-16/h7-10,15,18H,3-6,11-12,17H2,1-2H3. The fourth-order valence-electron chi connectivity index (χ4n) is 3.26. The molecule has 0 bridgehead atoms. The summed E-state index contributed by atoms with van der Waals surface area (Å²) < 4.78 is 5.90. The minimum absolute atomic E-state index is 0.0729. The lowest BCUT2D eigenvalue weighted by atomic mass is 9.77. The van der Waals surface area contributed by atoms with E-state index >= 15 is 0 Å². The highest BCUT2D eigenvalue weighted by molar-refractivity contribution is 5.27. The predicted octanol–water partition coefficient (Wildman–Crippen LogP) is 3.10. The minimum atomic E-state index is -0.152. The molecule has 3 N–H and O–H groups in total. The molecule has 1 aromatic rings. The summed E-state index contributed by atoms with van der Waals surface area (Å²) >= 11 is 0. The van der Waals surface area contributed by atoms with Gasteiger partial charge in [-0.2, -0.15) is 0 Å². The monoisotopic (exact) mass is 262 g/mol. The van der Waals surface area contributed by atoms with Crippen LogP contribution in [-0.4, -0.2) is 12.7 Å². The summed E-state index contributed by atoms with van der Waals surface area (Å²) in [5, 5.41) is 0. The highest BCUT2D eigenvalue weighted by atomic mass is 16.5. The Hall–Kier alpha value is -0.900. The molecule has 1 saturated carbocycles. The maximum atomic E-state index is 5.90. The summed E-state index contributed by atoms with van der Waals surface area (Å²) in [5.41, 5.74) is 5.42. The molecule has 1 fully saturated rings. The number of rotatable bonds is 5. The molecule has 0 aromatic heterocycles. The fourth-order valence-corrected chi connectivity index (χ4v) is 3.26. The van der Waals surface area contributed by atoms with E-state index in [2.05, 4.69) is 36.6 Å². The molecule has 1 aliphatic rings. The molecule has 0 aliphatic heterocycles. The van der Waals surface area contributed by atoms with Crippen LogP contribution in [0.25, 0.3) is 0 Å². The van der Waals surface area contributed by atoms with Crippen LogP contribution in [0.5, 0.6) is 0 Å². The van der Waals surface area contributed by atoms with Crippen LogP contribution in [-0.2, 0) is 11.2 Å². The third-order valence-electron chi connectivity index (χ3n) is 4.52. The summed E-state index contributed by atoms with van der Waals surface area (Å²) in [7, 11) is 1.82. The Balaban J connectivity index is 2.25. The smallest absolute Gasteiger partial charge is 0.0885 e. The van der Waals surface area contributed by atoms with Gasteiger partial charge in [0.2, 0.25) is 0 Å². The van der Waals surface area contributed by atoms with E-state index in [4.69, 9.17) is 10.6 Å². The molecule has 1 unspecified atom stereocenters. The van der Waals surface area contributed by atoms with Crippen LogP contribution < -0.4 is 11.3 Å². The number of benzene rings is 1. The van der Waals surface area contributed by atoms with Crippen molar-refractivity contribution in [2.45, 2.75) is 57.1 Å². The van der Waals surface area contributed by atoms with Gasteiger partial charge >= 0.3 is 0 Å². The second-order valence-corrected chi connectivity index (χ2v) is 5.52. The number of aryl methyl sites for hydroxylation is 1. The van der Waals surface area contributed by atoms with Gasteiger partial charge in [0.1, 0.15) is 0 Å². The van der Waals surface area contributed by atoms with Crippen LogP contribution in [0.2, 0.25) is 0 Å². The predicted molar refractivity (Wildman–Crippen MR) is 78.7 cm³/mol. The summed E-state index contributed by atoms with van der Waals surface area (Å²) in [6.07, 6.45) is 6.97. The topological polar surface area (TPSA) is 47.3 Å². The SMILES string of the molecule is CCc1ccc(C(NN)C2(OC)CCCCC2)cc1. The third kappa shape index (κ3) is 2.99. The van der Waals surface area contributed by atoms with Gasteiger partial charge in [-0.25, -0.2) is 0 Å². The number of nitrogens with one attached hydrogen (secondary N) is 1. The van der Waals surface area contributed by atoms with E-state index in [1.807, 2.05) is 7.11 Å². The van der Waals surface area contributed by atoms with Crippen molar-refractivity contribution < 1.29 is 4.74 Å². The summed E-state index contributed by atoms with van der Waals surface area (Å²) in [6, 6.07) is 8.80. The average molecular weight is 262 g/mol. The number of nitrogens with two attached hydrogens (primary N) is 1. The number of methoxy groups -OCH3 is 1. The molecule has 3 nitrogen and oxygen atoms in total. The second-order valence-electron chi connectivity index (χ2n) is 5.52. The van der Waals surface area contributed by atoms with Gasteiger partial charge in [0.15, 0.2) is 0 Å². The van der Waals surface area contributed by atoms with Crippen molar-refractivity contribution in [3.63, 3.8) is 0 Å². The average Bonchev–Trinajstić information content (AvgIpc) is 2.49. The minimum Gasteiger partial charge on any atom is -0.376 e. The molecular formula is C16H26N2O. The lowest BCUT2D eigenvalue weighted by molar-refractivity contribution is -0.0688. The molecule has 106 valence electrons. The van der Waals surface area contributed by atoms with E-state index in [1.165, 1.54) is 30.4 Å². The van der Waals surface area contributed by atoms with Gasteiger partial charge in [-0.3, -0.25) is 11.3 Å². The molecule has 1 aliphatic carbocycles. The molecule has 0 saturated heterocycles. The molecule has 2 rings (SSSR count). The molecular weight excluding hydrogens is 236 g/mol. The van der Waals surface area contributed by atoms with Gasteiger partial charge in [-0.1, -0.05) is 50.5 Å². The molecule has 0 heterocycles. The van der Waals surface area contributed by atoms with Gasteiger partial charge in [0.05, 0.1) is 11.6 Å². The summed E-state index contributed by atoms with van der Waals surface area (Å²) in [6.45, 7) is 2.17. The first kappa shape index (κ1) is 14.5. The van der Waals surface area contributed by atoms with Crippen molar-refractivity contribution in [3.05, 3.63) is 35.4 Å². The number of hydrazine groups is 1. The Morgan fingerprint density at radius 2 is 1.84 bits per heavy atom. The molecule has 3 heteroatoms. The normalized spacial score (nSPS) is 20.2. The van der Waals surface area contributed by atoms with E-state index in [0.717, 1.165) is 19.3 Å². The van der Waals surface area contributed by atoms with Gasteiger partial charge in [0, 0.05) is 7.11 Å². The maximum absolute atomic E-state index is 5.90. The Bertz CT molecular complexity index is 382. The van der Waals surface area contributed by atoms with Gasteiger partial charge < -0.3 is 4.74 Å². The van der Waals surface area contributed by atoms with E-state index in [1.54, 1.807) is 0 Å². The van der Waals surface area contributed by atoms with E-state index in [0.29, 0.717) is 0 Å². The number of ether oxygens (including phenoxy) is 1. The third-order valence-corrected chi connectivity index (χ3v) is 4.52. The Kier molecular flexibility index (Phi) is 4.97. The molecule has 1 aromatic carbocycles. The maximum Gasteiger partial charge on any atom is 0.0885 e. The Labute approximate surface area is 116 Å². The summed E-state index contributed by atoms with van der Waals surface area (Å²) in [4.78, 5) is 0. The number of hydrogen-bond donors (Lipinski definition) is 2. The lowest BCUT2D eigenvalue weighted by Gasteiger charge is -2.42. The van der Waals surface area contributed by atoms with Crippen LogP contribution in [0.3, 0.4) is 0 Å². The van der Waals surface area contributed by atoms with E-state index < -0.39 is 0 Å². The van der Waals surface area contributed by atoms with Gasteiger partial charge in [-0.15, -0.1) is 0 Å². The first-order valence-corrected chi connectivity index (χ1v) is 7.36. The second kappa shape index (κ2) is 6.51. The zero-order valence-electron chi connectivity index (χ0n) is 12.1. The molecule has 1 atom stereocenters. The van der Waals surface area contributed by atoms with E-state index in [9.17, 15) is 0 Å². The quantitative estimate of drug-likeness (QED) is 0.633. The highest BCUT2D eigenvalue weighted by Crippen LogP contribution is 2.40. The molecule has 0 amide bonds. The van der Waals surface area contributed by atoms with Crippen molar-refractivity contribution in [3.8, 4) is 0 Å². The van der Waals surface area contributed by atoms with Gasteiger partial charge in [0.25, 0.3) is 0 Å². The van der Waals surface area contributed by atoms with Crippen molar-refractivity contribution in [2.24, 2.45) is 5.84 Å². The lowest BCUT2D eigenvalue weighted by Crippen LogP contribution is -2.49. The van der Waals surface area contributed by atoms with Crippen LogP contribution >= 0.6 is 0 Å². The van der Waals surface area contributed by atoms with Crippen molar-refractivity contribution in [1.29, 1.82) is 0 Å². The van der Waals surface area contributed by atoms with Crippen molar-refractivity contribution in [1.82, 2.24) is 5.43 Å². The fraction of sp³-hybridized carbons (Fsp3) is 0.625. The molecule has 19 heavy (non-hydrogen) atoms.